The molecule has 0 aromatic carbocycles. The third-order valence-electron chi connectivity index (χ3n) is 2.80. The molecular formula is C13H21NO2. The van der Waals surface area contributed by atoms with Crippen LogP contribution in [0.4, 0.5) is 0 Å². The van der Waals surface area contributed by atoms with Crippen LogP contribution in [0.1, 0.15) is 38.7 Å². The van der Waals surface area contributed by atoms with Crippen LogP contribution in [0.2, 0.25) is 0 Å². The molecule has 0 fully saturated rings. The molecule has 0 aliphatic rings. The van der Waals surface area contributed by atoms with Gasteiger partial charge >= 0.3 is 0 Å². The zero-order valence-electron chi connectivity index (χ0n) is 10.1. The summed E-state index contributed by atoms with van der Waals surface area (Å²) in [5, 5.41) is 0. The average molecular weight is 223 g/mol. The number of nitrogens with two attached hydrogens (primary N) is 1. The van der Waals surface area contributed by atoms with Gasteiger partial charge in [0.05, 0.1) is 12.5 Å². The Morgan fingerprint density at radius 1 is 1.44 bits per heavy atom. The Bertz CT molecular complexity index is 304. The van der Waals surface area contributed by atoms with Gasteiger partial charge < -0.3 is 10.2 Å². The number of hydrogen-bond acceptors (Lipinski definition) is 3. The minimum atomic E-state index is 0.119. The van der Waals surface area contributed by atoms with Crippen molar-refractivity contribution in [1.29, 1.82) is 0 Å². The third-order valence-corrected chi connectivity index (χ3v) is 2.80. The molecule has 1 rings (SSSR count). The highest BCUT2D eigenvalue weighted by molar-refractivity contribution is 5.82. The summed E-state index contributed by atoms with van der Waals surface area (Å²) in [6.45, 7) is 3.99. The molecule has 2 atom stereocenters. The first-order valence-corrected chi connectivity index (χ1v) is 5.89. The Morgan fingerprint density at radius 3 is 2.75 bits per heavy atom. The number of rotatable bonds is 7. The van der Waals surface area contributed by atoms with Gasteiger partial charge in [0.25, 0.3) is 0 Å². The average Bonchev–Trinajstić information content (AvgIpc) is 2.69. The molecule has 1 heterocycles. The molecular weight excluding hydrogens is 202 g/mol. The molecule has 2 N–H and O–H groups in total. The zero-order chi connectivity index (χ0) is 12.0. The predicted molar refractivity (Wildman–Crippen MR) is 64.1 cm³/mol. The van der Waals surface area contributed by atoms with E-state index >= 15 is 0 Å². The van der Waals surface area contributed by atoms with E-state index in [2.05, 4.69) is 0 Å². The van der Waals surface area contributed by atoms with Crippen LogP contribution in [-0.2, 0) is 11.2 Å². The number of carbonyl (C=O) groups is 1. The van der Waals surface area contributed by atoms with E-state index in [4.69, 9.17) is 10.2 Å². The Kier molecular flexibility index (Phi) is 5.26. The van der Waals surface area contributed by atoms with Crippen molar-refractivity contribution in [2.24, 2.45) is 11.7 Å². The van der Waals surface area contributed by atoms with Crippen LogP contribution in [0.25, 0.3) is 0 Å². The zero-order valence-corrected chi connectivity index (χ0v) is 10.1. The maximum absolute atomic E-state index is 11.8. The summed E-state index contributed by atoms with van der Waals surface area (Å²) < 4.78 is 4.94. The predicted octanol–water partition coefficient (Wildman–Crippen LogP) is 2.54. The highest BCUT2D eigenvalue weighted by atomic mass is 16.3. The topological polar surface area (TPSA) is 56.2 Å². The number of Topliss-reactive ketones (excluding diaryl/α,β-unsaturated/α-hetero) is 1. The minimum absolute atomic E-state index is 0.119. The maximum Gasteiger partial charge on any atom is 0.140 e. The second-order valence-electron chi connectivity index (χ2n) is 4.58. The summed E-state index contributed by atoms with van der Waals surface area (Å²) in [6, 6.07) is 2.07. The molecule has 0 spiro atoms. The van der Waals surface area contributed by atoms with Gasteiger partial charge in [-0.2, -0.15) is 0 Å². The lowest BCUT2D eigenvalue weighted by Gasteiger charge is -2.10. The standard InChI is InChI=1S/C13H21NO2/c1-10(4-3-5-11(2)14)13(15)8-12-6-7-16-9-12/h6-7,9-11H,3-5,8,14H2,1-2H3. The first-order valence-electron chi connectivity index (χ1n) is 5.89. The molecule has 2 unspecified atom stereocenters. The van der Waals surface area contributed by atoms with E-state index in [1.165, 1.54) is 0 Å². The molecule has 0 bridgehead atoms. The van der Waals surface area contributed by atoms with E-state index in [1.807, 2.05) is 19.9 Å². The van der Waals surface area contributed by atoms with Crippen LogP contribution in [0.5, 0.6) is 0 Å². The van der Waals surface area contributed by atoms with E-state index in [0.29, 0.717) is 6.42 Å². The van der Waals surface area contributed by atoms with Gasteiger partial charge in [0.1, 0.15) is 5.78 Å². The Balaban J connectivity index is 2.25. The Labute approximate surface area is 97.0 Å². The van der Waals surface area contributed by atoms with Crippen molar-refractivity contribution in [3.8, 4) is 0 Å². The van der Waals surface area contributed by atoms with Crippen molar-refractivity contribution in [2.45, 2.75) is 45.6 Å². The molecule has 3 nitrogen and oxygen atoms in total. The van der Waals surface area contributed by atoms with Crippen molar-refractivity contribution in [3.63, 3.8) is 0 Å². The first kappa shape index (κ1) is 13.0. The van der Waals surface area contributed by atoms with Crippen molar-refractivity contribution >= 4 is 5.78 Å². The summed E-state index contributed by atoms with van der Waals surface area (Å²) >= 11 is 0. The van der Waals surface area contributed by atoms with Crippen LogP contribution in [0.3, 0.4) is 0 Å². The lowest BCUT2D eigenvalue weighted by molar-refractivity contribution is -0.121. The molecule has 16 heavy (non-hydrogen) atoms. The van der Waals surface area contributed by atoms with E-state index in [0.717, 1.165) is 24.8 Å². The highest BCUT2D eigenvalue weighted by Gasteiger charge is 2.13. The molecule has 3 heteroatoms. The maximum atomic E-state index is 11.8. The summed E-state index contributed by atoms with van der Waals surface area (Å²) in [6.07, 6.45) is 6.66. The fourth-order valence-electron chi connectivity index (χ4n) is 1.68. The lowest BCUT2D eigenvalue weighted by atomic mass is 9.95. The van der Waals surface area contributed by atoms with Gasteiger partial charge in [-0.1, -0.05) is 13.3 Å². The van der Waals surface area contributed by atoms with Gasteiger partial charge in [0, 0.05) is 18.4 Å². The van der Waals surface area contributed by atoms with Gasteiger partial charge in [-0.15, -0.1) is 0 Å². The van der Waals surface area contributed by atoms with Crippen molar-refractivity contribution in [3.05, 3.63) is 24.2 Å². The van der Waals surface area contributed by atoms with Crippen molar-refractivity contribution < 1.29 is 9.21 Å². The summed E-state index contributed by atoms with van der Waals surface area (Å²) in [5.74, 6) is 0.403. The summed E-state index contributed by atoms with van der Waals surface area (Å²) in [7, 11) is 0. The molecule has 1 aromatic rings. The molecule has 0 saturated carbocycles. The molecule has 0 amide bonds. The number of furan rings is 1. The van der Waals surface area contributed by atoms with Crippen LogP contribution < -0.4 is 5.73 Å². The third kappa shape index (κ3) is 4.62. The highest BCUT2D eigenvalue weighted by Crippen LogP contribution is 2.13. The van der Waals surface area contributed by atoms with Gasteiger partial charge in [-0.05, 0) is 31.4 Å². The normalized spacial score (nSPS) is 14.7. The van der Waals surface area contributed by atoms with E-state index in [-0.39, 0.29) is 17.7 Å². The smallest absolute Gasteiger partial charge is 0.140 e. The molecule has 0 aliphatic carbocycles. The number of ketones is 1. The molecule has 90 valence electrons. The molecule has 0 aliphatic heterocycles. The van der Waals surface area contributed by atoms with Crippen molar-refractivity contribution in [1.82, 2.24) is 0 Å². The fourth-order valence-corrected chi connectivity index (χ4v) is 1.68. The van der Waals surface area contributed by atoms with Gasteiger partial charge in [0.2, 0.25) is 0 Å². The number of hydrogen-bond donors (Lipinski definition) is 1. The van der Waals surface area contributed by atoms with E-state index in [9.17, 15) is 4.79 Å². The van der Waals surface area contributed by atoms with Gasteiger partial charge in [0.15, 0.2) is 0 Å². The first-order chi connectivity index (χ1) is 7.59. The van der Waals surface area contributed by atoms with Crippen molar-refractivity contribution in [2.75, 3.05) is 0 Å². The second kappa shape index (κ2) is 6.48. The quantitative estimate of drug-likeness (QED) is 0.772. The van der Waals surface area contributed by atoms with Crippen LogP contribution in [0, 0.1) is 5.92 Å². The second-order valence-corrected chi connectivity index (χ2v) is 4.58. The number of carbonyl (C=O) groups excluding carboxylic acids is 1. The van der Waals surface area contributed by atoms with E-state index < -0.39 is 0 Å². The lowest BCUT2D eigenvalue weighted by Crippen LogP contribution is -2.17. The largest absolute Gasteiger partial charge is 0.472 e. The molecule has 1 aromatic heterocycles. The monoisotopic (exact) mass is 223 g/mol. The van der Waals surface area contributed by atoms with Crippen LogP contribution >= 0.6 is 0 Å². The fraction of sp³-hybridized carbons (Fsp3) is 0.615. The van der Waals surface area contributed by atoms with Gasteiger partial charge in [-0.3, -0.25) is 4.79 Å². The SMILES string of the molecule is CC(N)CCCC(C)C(=O)Cc1ccoc1. The summed E-state index contributed by atoms with van der Waals surface area (Å²) in [4.78, 5) is 11.8. The van der Waals surface area contributed by atoms with Gasteiger partial charge in [-0.25, -0.2) is 0 Å². The van der Waals surface area contributed by atoms with Crippen LogP contribution in [-0.4, -0.2) is 11.8 Å². The molecule has 0 saturated heterocycles. The van der Waals surface area contributed by atoms with Crippen LogP contribution in [0.15, 0.2) is 23.0 Å². The Morgan fingerprint density at radius 2 is 2.19 bits per heavy atom. The molecule has 0 radical (unpaired) electrons. The Hall–Kier alpha value is -1.09. The minimum Gasteiger partial charge on any atom is -0.472 e. The summed E-state index contributed by atoms with van der Waals surface area (Å²) in [5.41, 5.74) is 6.63. The van der Waals surface area contributed by atoms with E-state index in [1.54, 1.807) is 12.5 Å².